The van der Waals surface area contributed by atoms with Crippen LogP contribution in [0.2, 0.25) is 0 Å². The van der Waals surface area contributed by atoms with E-state index < -0.39 is 0 Å². The van der Waals surface area contributed by atoms with Crippen LogP contribution in [0.25, 0.3) is 0 Å². The first-order valence-corrected chi connectivity index (χ1v) is 9.77. The third-order valence-electron chi connectivity index (χ3n) is 4.03. The lowest BCUT2D eigenvalue weighted by Gasteiger charge is -2.10. The van der Waals surface area contributed by atoms with Gasteiger partial charge in [0.15, 0.2) is 11.0 Å². The van der Waals surface area contributed by atoms with E-state index in [4.69, 9.17) is 14.2 Å². The summed E-state index contributed by atoms with van der Waals surface area (Å²) in [5, 5.41) is 9.46. The number of hydrogen-bond acceptors (Lipinski definition) is 6. The minimum atomic E-state index is 0.326. The molecule has 0 saturated heterocycles. The summed E-state index contributed by atoms with van der Waals surface area (Å²) in [7, 11) is 3.31. The van der Waals surface area contributed by atoms with E-state index in [1.165, 1.54) is 0 Å². The van der Waals surface area contributed by atoms with E-state index in [1.54, 1.807) is 26.0 Å². The zero-order chi connectivity index (χ0) is 19.8. The van der Waals surface area contributed by atoms with Crippen LogP contribution >= 0.6 is 11.8 Å². The number of benzene rings is 2. The normalized spacial score (nSPS) is 10.5. The monoisotopic (exact) mass is 397 g/mol. The van der Waals surface area contributed by atoms with Gasteiger partial charge < -0.3 is 14.2 Å². The van der Waals surface area contributed by atoms with Crippen molar-refractivity contribution in [2.75, 3.05) is 14.2 Å². The Bertz CT molecular complexity index is 910. The van der Waals surface area contributed by atoms with Gasteiger partial charge in [-0.2, -0.15) is 0 Å². The first kappa shape index (κ1) is 19.8. The molecule has 2 aromatic carbocycles. The zero-order valence-corrected chi connectivity index (χ0v) is 16.8. The number of thioether (sulfide) groups is 1. The average Bonchev–Trinajstić information content (AvgIpc) is 3.13. The van der Waals surface area contributed by atoms with Crippen molar-refractivity contribution in [1.29, 1.82) is 0 Å². The largest absolute Gasteiger partial charge is 0.497 e. The highest BCUT2D eigenvalue weighted by Crippen LogP contribution is 2.25. The maximum atomic E-state index is 5.85. The van der Waals surface area contributed by atoms with Gasteiger partial charge in [0.1, 0.15) is 23.9 Å². The van der Waals surface area contributed by atoms with Crippen LogP contribution in [-0.4, -0.2) is 29.0 Å². The topological polar surface area (TPSA) is 58.4 Å². The lowest BCUT2D eigenvalue weighted by Crippen LogP contribution is -2.07. The number of nitrogens with zero attached hydrogens (tertiary/aromatic N) is 3. The van der Waals surface area contributed by atoms with Crippen molar-refractivity contribution in [2.24, 2.45) is 0 Å². The summed E-state index contributed by atoms with van der Waals surface area (Å²) in [5.41, 5.74) is 1.16. The molecule has 7 heteroatoms. The Kier molecular flexibility index (Phi) is 6.97. The van der Waals surface area contributed by atoms with E-state index in [-0.39, 0.29) is 0 Å². The minimum Gasteiger partial charge on any atom is -0.497 e. The molecule has 6 nitrogen and oxygen atoms in total. The number of ether oxygens (including phenoxy) is 3. The summed E-state index contributed by atoms with van der Waals surface area (Å²) in [4.78, 5) is 0. The molecule has 0 amide bonds. The smallest absolute Gasteiger partial charge is 0.191 e. The quantitative estimate of drug-likeness (QED) is 0.374. The molecule has 3 aromatic rings. The van der Waals surface area contributed by atoms with Gasteiger partial charge in [0.05, 0.1) is 14.2 Å². The molecule has 1 heterocycles. The Morgan fingerprint density at radius 1 is 1.00 bits per heavy atom. The summed E-state index contributed by atoms with van der Waals surface area (Å²) in [5.74, 6) is 3.91. The van der Waals surface area contributed by atoms with Gasteiger partial charge in [-0.25, -0.2) is 0 Å². The standard InChI is InChI=1S/C21H23N3O3S/c1-4-12-24-20(14-27-18-10-8-17(25-2)9-11-18)22-23-21(24)28-15-16-6-5-7-19(13-16)26-3/h4-11,13H,1,12,14-15H2,2-3H3. The second kappa shape index (κ2) is 9.85. The molecule has 1 aromatic heterocycles. The van der Waals surface area contributed by atoms with Gasteiger partial charge in [0.25, 0.3) is 0 Å². The van der Waals surface area contributed by atoms with E-state index in [1.807, 2.05) is 53.1 Å². The minimum absolute atomic E-state index is 0.326. The van der Waals surface area contributed by atoms with E-state index in [2.05, 4.69) is 22.8 Å². The molecule has 0 spiro atoms. The van der Waals surface area contributed by atoms with Gasteiger partial charge in [-0.15, -0.1) is 16.8 Å². The van der Waals surface area contributed by atoms with Crippen molar-refractivity contribution in [1.82, 2.24) is 14.8 Å². The fraction of sp³-hybridized carbons (Fsp3) is 0.238. The van der Waals surface area contributed by atoms with E-state index in [0.29, 0.717) is 13.2 Å². The Morgan fingerprint density at radius 3 is 2.46 bits per heavy atom. The van der Waals surface area contributed by atoms with Gasteiger partial charge in [-0.3, -0.25) is 4.57 Å². The SMILES string of the molecule is C=CCn1c(COc2ccc(OC)cc2)nnc1SCc1cccc(OC)c1. The fourth-order valence-electron chi connectivity index (χ4n) is 2.57. The highest BCUT2D eigenvalue weighted by atomic mass is 32.2. The molecule has 146 valence electrons. The van der Waals surface area contributed by atoms with Crippen LogP contribution in [-0.2, 0) is 18.9 Å². The molecule has 3 rings (SSSR count). The second-order valence-corrected chi connectivity index (χ2v) is 6.84. The van der Waals surface area contributed by atoms with E-state index in [9.17, 15) is 0 Å². The van der Waals surface area contributed by atoms with Crippen LogP contribution in [0.5, 0.6) is 17.2 Å². The van der Waals surface area contributed by atoms with Crippen LogP contribution in [0.3, 0.4) is 0 Å². The van der Waals surface area contributed by atoms with Crippen molar-refractivity contribution >= 4 is 11.8 Å². The van der Waals surface area contributed by atoms with E-state index >= 15 is 0 Å². The highest BCUT2D eigenvalue weighted by molar-refractivity contribution is 7.98. The maximum absolute atomic E-state index is 5.85. The molecule has 0 saturated carbocycles. The van der Waals surface area contributed by atoms with Gasteiger partial charge in [0.2, 0.25) is 0 Å². The van der Waals surface area contributed by atoms with Crippen LogP contribution < -0.4 is 14.2 Å². The molecular weight excluding hydrogens is 374 g/mol. The molecule has 0 aliphatic carbocycles. The molecular formula is C21H23N3O3S. The molecule has 0 radical (unpaired) electrons. The Labute approximate surface area is 169 Å². The van der Waals surface area contributed by atoms with Crippen molar-refractivity contribution in [2.45, 2.75) is 24.1 Å². The molecule has 0 unspecified atom stereocenters. The predicted octanol–water partition coefficient (Wildman–Crippen LogP) is 4.35. The zero-order valence-electron chi connectivity index (χ0n) is 16.0. The lowest BCUT2D eigenvalue weighted by molar-refractivity contribution is 0.288. The molecule has 0 atom stereocenters. The third-order valence-corrected chi connectivity index (χ3v) is 5.07. The molecule has 0 N–H and O–H groups in total. The summed E-state index contributed by atoms with van der Waals surface area (Å²) < 4.78 is 18.3. The summed E-state index contributed by atoms with van der Waals surface area (Å²) >= 11 is 1.62. The maximum Gasteiger partial charge on any atom is 0.191 e. The van der Waals surface area contributed by atoms with Crippen LogP contribution in [0, 0.1) is 0 Å². The number of hydrogen-bond donors (Lipinski definition) is 0. The number of allylic oxidation sites excluding steroid dienone is 1. The second-order valence-electron chi connectivity index (χ2n) is 5.90. The van der Waals surface area contributed by atoms with Gasteiger partial charge in [-0.1, -0.05) is 30.0 Å². The molecule has 0 bridgehead atoms. The van der Waals surface area contributed by atoms with E-state index in [0.717, 1.165) is 39.5 Å². The molecule has 0 aliphatic rings. The highest BCUT2D eigenvalue weighted by Gasteiger charge is 2.13. The molecule has 0 aliphatic heterocycles. The van der Waals surface area contributed by atoms with Crippen LogP contribution in [0.1, 0.15) is 11.4 Å². The third kappa shape index (κ3) is 5.07. The Hall–Kier alpha value is -2.93. The first-order valence-electron chi connectivity index (χ1n) is 8.79. The summed E-state index contributed by atoms with van der Waals surface area (Å²) in [6, 6.07) is 15.5. The van der Waals surface area contributed by atoms with Gasteiger partial charge >= 0.3 is 0 Å². The Morgan fingerprint density at radius 2 is 1.75 bits per heavy atom. The predicted molar refractivity (Wildman–Crippen MR) is 110 cm³/mol. The van der Waals surface area contributed by atoms with Gasteiger partial charge in [-0.05, 0) is 42.0 Å². The lowest BCUT2D eigenvalue weighted by atomic mass is 10.2. The van der Waals surface area contributed by atoms with Crippen molar-refractivity contribution < 1.29 is 14.2 Å². The van der Waals surface area contributed by atoms with Crippen molar-refractivity contribution in [3.63, 3.8) is 0 Å². The summed E-state index contributed by atoms with van der Waals surface area (Å²) in [6.45, 7) is 4.79. The van der Waals surface area contributed by atoms with Crippen molar-refractivity contribution in [3.05, 3.63) is 72.6 Å². The van der Waals surface area contributed by atoms with Gasteiger partial charge in [0, 0.05) is 12.3 Å². The number of aromatic nitrogens is 3. The first-order chi connectivity index (χ1) is 13.7. The van der Waals surface area contributed by atoms with Crippen molar-refractivity contribution in [3.8, 4) is 17.2 Å². The molecule has 28 heavy (non-hydrogen) atoms. The number of rotatable bonds is 10. The van der Waals surface area contributed by atoms with Crippen LogP contribution in [0.15, 0.2) is 66.3 Å². The molecule has 0 fully saturated rings. The Balaban J connectivity index is 1.67. The van der Waals surface area contributed by atoms with Crippen LogP contribution in [0.4, 0.5) is 0 Å². The fourth-order valence-corrected chi connectivity index (χ4v) is 3.48. The summed E-state index contributed by atoms with van der Waals surface area (Å²) in [6.07, 6.45) is 1.83. The average molecular weight is 398 g/mol. The number of methoxy groups -OCH3 is 2.